The second-order valence-corrected chi connectivity index (χ2v) is 5.26. The van der Waals surface area contributed by atoms with E-state index in [0.717, 1.165) is 0 Å². The van der Waals surface area contributed by atoms with E-state index in [-0.39, 0.29) is 31.7 Å². The molecule has 0 aromatic heterocycles. The van der Waals surface area contributed by atoms with Gasteiger partial charge in [-0.15, -0.1) is 0 Å². The van der Waals surface area contributed by atoms with E-state index < -0.39 is 28.1 Å². The second-order valence-electron chi connectivity index (χ2n) is 3.52. The molecule has 0 rings (SSSR count). The van der Waals surface area contributed by atoms with Gasteiger partial charge in [0, 0.05) is 19.6 Å². The molecule has 0 fully saturated rings. The Labute approximate surface area is 104 Å². The first-order valence-electron chi connectivity index (χ1n) is 5.14. The number of hydrogen-bond acceptors (Lipinski definition) is 5. The lowest BCUT2D eigenvalue weighted by Crippen LogP contribution is -2.46. The van der Waals surface area contributed by atoms with Crippen LogP contribution in [0.3, 0.4) is 0 Å². The van der Waals surface area contributed by atoms with E-state index >= 15 is 0 Å². The molecule has 1 atom stereocenters. The van der Waals surface area contributed by atoms with E-state index in [1.165, 1.54) is 0 Å². The van der Waals surface area contributed by atoms with Crippen LogP contribution in [0.2, 0.25) is 0 Å². The smallest absolute Gasteiger partial charge is 0.326 e. The number of hydrogen-bond donors (Lipinski definition) is 5. The molecule has 10 heteroatoms. The SMILES string of the molecule is NS(=O)(=O)CCCNC(=O)NC(CCO)C(=O)O. The quantitative estimate of drug-likeness (QED) is 0.318. The first-order valence-corrected chi connectivity index (χ1v) is 6.86. The van der Waals surface area contributed by atoms with Crippen LogP contribution in [0, 0.1) is 0 Å². The molecule has 0 bridgehead atoms. The molecule has 0 saturated heterocycles. The number of sulfonamides is 1. The number of amides is 2. The van der Waals surface area contributed by atoms with E-state index in [1.807, 2.05) is 0 Å². The van der Waals surface area contributed by atoms with Gasteiger partial charge in [-0.1, -0.05) is 0 Å². The largest absolute Gasteiger partial charge is 0.480 e. The number of nitrogens with one attached hydrogen (secondary N) is 2. The Balaban J connectivity index is 3.92. The summed E-state index contributed by atoms with van der Waals surface area (Å²) in [5.74, 6) is -1.53. The minimum atomic E-state index is -3.57. The molecule has 9 nitrogen and oxygen atoms in total. The first kappa shape index (κ1) is 16.6. The van der Waals surface area contributed by atoms with Crippen molar-refractivity contribution in [1.82, 2.24) is 10.6 Å². The fourth-order valence-electron chi connectivity index (χ4n) is 1.07. The Hall–Kier alpha value is -1.39. The van der Waals surface area contributed by atoms with Gasteiger partial charge in [0.15, 0.2) is 0 Å². The van der Waals surface area contributed by atoms with E-state index in [2.05, 4.69) is 10.6 Å². The fraction of sp³-hybridized carbons (Fsp3) is 0.750. The maximum atomic E-state index is 11.2. The number of rotatable bonds is 8. The van der Waals surface area contributed by atoms with Crippen molar-refractivity contribution in [2.75, 3.05) is 18.9 Å². The van der Waals surface area contributed by atoms with Gasteiger partial charge in [-0.05, 0) is 6.42 Å². The monoisotopic (exact) mass is 283 g/mol. The van der Waals surface area contributed by atoms with Crippen molar-refractivity contribution in [3.63, 3.8) is 0 Å². The molecular formula is C8H17N3O6S. The number of carbonyl (C=O) groups is 2. The average molecular weight is 283 g/mol. The van der Waals surface area contributed by atoms with Crippen LogP contribution in [0.15, 0.2) is 0 Å². The number of primary sulfonamides is 1. The van der Waals surface area contributed by atoms with Crippen molar-refractivity contribution >= 4 is 22.0 Å². The summed E-state index contributed by atoms with van der Waals surface area (Å²) in [4.78, 5) is 21.8. The van der Waals surface area contributed by atoms with E-state index in [0.29, 0.717) is 0 Å². The van der Waals surface area contributed by atoms with Gasteiger partial charge in [0.1, 0.15) is 6.04 Å². The topological polar surface area (TPSA) is 159 Å². The van der Waals surface area contributed by atoms with Crippen molar-refractivity contribution in [3.05, 3.63) is 0 Å². The van der Waals surface area contributed by atoms with Gasteiger partial charge in [0.25, 0.3) is 0 Å². The van der Waals surface area contributed by atoms with E-state index in [4.69, 9.17) is 15.4 Å². The third-order valence-electron chi connectivity index (χ3n) is 1.91. The van der Waals surface area contributed by atoms with Crippen molar-refractivity contribution in [3.8, 4) is 0 Å². The Bertz CT molecular complexity index is 382. The molecule has 0 aromatic carbocycles. The number of nitrogens with two attached hydrogens (primary N) is 1. The van der Waals surface area contributed by atoms with Crippen molar-refractivity contribution < 1.29 is 28.2 Å². The lowest BCUT2D eigenvalue weighted by molar-refractivity contribution is -0.139. The van der Waals surface area contributed by atoms with E-state index in [9.17, 15) is 18.0 Å². The van der Waals surface area contributed by atoms with Crippen LogP contribution in [-0.4, -0.2) is 55.6 Å². The number of carboxylic acids is 1. The highest BCUT2D eigenvalue weighted by Crippen LogP contribution is 1.91. The number of aliphatic hydroxyl groups excluding tert-OH is 1. The summed E-state index contributed by atoms with van der Waals surface area (Å²) in [5, 5.41) is 26.4. The second kappa shape index (κ2) is 7.84. The molecule has 1 unspecified atom stereocenters. The molecule has 106 valence electrons. The van der Waals surface area contributed by atoms with Crippen LogP contribution in [-0.2, 0) is 14.8 Å². The zero-order chi connectivity index (χ0) is 14.2. The number of aliphatic carboxylic acids is 1. The number of carboxylic acid groups (broad SMARTS) is 1. The van der Waals surface area contributed by atoms with Crippen molar-refractivity contribution in [2.45, 2.75) is 18.9 Å². The van der Waals surface area contributed by atoms with Gasteiger partial charge in [0.05, 0.1) is 5.75 Å². The third kappa shape index (κ3) is 8.73. The summed E-state index contributed by atoms with van der Waals surface area (Å²) in [5.41, 5.74) is 0. The molecule has 2 amide bonds. The van der Waals surface area contributed by atoms with Gasteiger partial charge < -0.3 is 20.8 Å². The average Bonchev–Trinajstić information content (AvgIpc) is 2.22. The van der Waals surface area contributed by atoms with Gasteiger partial charge in [0.2, 0.25) is 10.0 Å². The summed E-state index contributed by atoms with van der Waals surface area (Å²) >= 11 is 0. The van der Waals surface area contributed by atoms with Crippen LogP contribution in [0.25, 0.3) is 0 Å². The molecule has 0 heterocycles. The zero-order valence-electron chi connectivity index (χ0n) is 9.63. The molecule has 0 spiro atoms. The highest BCUT2D eigenvalue weighted by atomic mass is 32.2. The lowest BCUT2D eigenvalue weighted by Gasteiger charge is -2.13. The van der Waals surface area contributed by atoms with Gasteiger partial charge >= 0.3 is 12.0 Å². The Kier molecular flexibility index (Phi) is 7.24. The fourth-order valence-corrected chi connectivity index (χ4v) is 1.62. The van der Waals surface area contributed by atoms with E-state index in [1.54, 1.807) is 0 Å². The maximum absolute atomic E-state index is 11.2. The third-order valence-corrected chi connectivity index (χ3v) is 2.77. The van der Waals surface area contributed by atoms with Gasteiger partial charge in [-0.2, -0.15) is 0 Å². The summed E-state index contributed by atoms with van der Waals surface area (Å²) in [6.45, 7) is -0.323. The number of urea groups is 1. The normalized spacial score (nSPS) is 12.8. The molecule has 0 saturated carbocycles. The molecule has 18 heavy (non-hydrogen) atoms. The Morgan fingerprint density at radius 1 is 1.33 bits per heavy atom. The van der Waals surface area contributed by atoms with Crippen LogP contribution in [0.4, 0.5) is 4.79 Å². The van der Waals surface area contributed by atoms with Crippen LogP contribution in [0.5, 0.6) is 0 Å². The van der Waals surface area contributed by atoms with Gasteiger partial charge in [-0.25, -0.2) is 23.1 Å². The highest BCUT2D eigenvalue weighted by Gasteiger charge is 2.18. The molecular weight excluding hydrogens is 266 g/mol. The predicted molar refractivity (Wildman–Crippen MR) is 62.3 cm³/mol. The molecule has 0 aliphatic rings. The molecule has 0 aromatic rings. The first-order chi connectivity index (χ1) is 8.26. The summed E-state index contributed by atoms with van der Waals surface area (Å²) < 4.78 is 21.1. The zero-order valence-corrected chi connectivity index (χ0v) is 10.4. The maximum Gasteiger partial charge on any atom is 0.326 e. The minimum Gasteiger partial charge on any atom is -0.480 e. The molecule has 6 N–H and O–H groups in total. The predicted octanol–water partition coefficient (Wildman–Crippen LogP) is -2.20. The van der Waals surface area contributed by atoms with Crippen LogP contribution < -0.4 is 15.8 Å². The van der Waals surface area contributed by atoms with Crippen LogP contribution in [0.1, 0.15) is 12.8 Å². The highest BCUT2D eigenvalue weighted by molar-refractivity contribution is 7.89. The Morgan fingerprint density at radius 2 is 1.94 bits per heavy atom. The van der Waals surface area contributed by atoms with Gasteiger partial charge in [-0.3, -0.25) is 0 Å². The number of carbonyl (C=O) groups excluding carboxylic acids is 1. The molecule has 0 aliphatic heterocycles. The standard InChI is InChI=1S/C8H17N3O6S/c9-18(16,17)5-1-3-10-8(15)11-6(2-4-12)7(13)14/h6,12H,1-5H2,(H,13,14)(H2,9,16,17)(H2,10,11,15). The summed E-state index contributed by atoms with van der Waals surface area (Å²) in [6.07, 6.45) is 0.0178. The minimum absolute atomic E-state index is 0.0493. The summed E-state index contributed by atoms with van der Waals surface area (Å²) in [7, 11) is -3.57. The van der Waals surface area contributed by atoms with Crippen molar-refractivity contribution in [1.29, 1.82) is 0 Å². The summed E-state index contributed by atoms with van der Waals surface area (Å²) in [6, 6.07) is -1.93. The van der Waals surface area contributed by atoms with Crippen LogP contribution >= 0.6 is 0 Å². The molecule has 0 radical (unpaired) electrons. The number of aliphatic hydroxyl groups is 1. The Morgan fingerprint density at radius 3 is 2.39 bits per heavy atom. The lowest BCUT2D eigenvalue weighted by atomic mass is 10.2. The van der Waals surface area contributed by atoms with Crippen molar-refractivity contribution in [2.24, 2.45) is 5.14 Å². The molecule has 0 aliphatic carbocycles.